The number of carboxylic acid groups (broad SMARTS) is 1. The molecule has 1 aromatic heterocycles. The van der Waals surface area contributed by atoms with Gasteiger partial charge in [-0.1, -0.05) is 18.5 Å². The Morgan fingerprint density at radius 1 is 1.65 bits per heavy atom. The second kappa shape index (κ2) is 6.41. The summed E-state index contributed by atoms with van der Waals surface area (Å²) < 4.78 is 0. The molecule has 1 unspecified atom stereocenters. The van der Waals surface area contributed by atoms with Gasteiger partial charge in [-0.25, -0.2) is 9.78 Å². The molecule has 1 aromatic rings. The quantitative estimate of drug-likeness (QED) is 0.904. The predicted molar refractivity (Wildman–Crippen MR) is 79.7 cm³/mol. The van der Waals surface area contributed by atoms with Crippen LogP contribution in [0.3, 0.4) is 0 Å². The lowest BCUT2D eigenvalue weighted by molar-refractivity contribution is 0.0697. The van der Waals surface area contributed by atoms with Gasteiger partial charge in [0.05, 0.1) is 10.6 Å². The van der Waals surface area contributed by atoms with E-state index in [9.17, 15) is 4.79 Å². The minimum absolute atomic E-state index is 0.0993. The zero-order valence-electron chi connectivity index (χ0n) is 11.8. The highest BCUT2D eigenvalue weighted by molar-refractivity contribution is 6.35. The molecular weight excluding hydrogens is 278 g/mol. The first-order valence-electron chi connectivity index (χ1n) is 6.87. The summed E-state index contributed by atoms with van der Waals surface area (Å²) >= 11 is 6.16. The Morgan fingerprint density at radius 2 is 2.40 bits per heavy atom. The number of hydrogen-bond acceptors (Lipinski definition) is 4. The maximum absolute atomic E-state index is 11.1. The normalized spacial score (nSPS) is 19.2. The van der Waals surface area contributed by atoms with Gasteiger partial charge in [-0.2, -0.15) is 0 Å². The second-order valence-corrected chi connectivity index (χ2v) is 5.48. The van der Waals surface area contributed by atoms with Crippen LogP contribution in [0.5, 0.6) is 0 Å². The van der Waals surface area contributed by atoms with E-state index in [0.29, 0.717) is 11.9 Å². The Bertz CT molecular complexity index is 495. The number of nitrogens with zero attached hydrogens (tertiary/aromatic N) is 3. The van der Waals surface area contributed by atoms with Gasteiger partial charge in [0.25, 0.3) is 0 Å². The van der Waals surface area contributed by atoms with Crippen LogP contribution in [0.25, 0.3) is 0 Å². The fourth-order valence-electron chi connectivity index (χ4n) is 2.78. The zero-order chi connectivity index (χ0) is 14.7. The van der Waals surface area contributed by atoms with Crippen molar-refractivity contribution < 1.29 is 9.90 Å². The van der Waals surface area contributed by atoms with Gasteiger partial charge in [0.2, 0.25) is 0 Å². The van der Waals surface area contributed by atoms with E-state index < -0.39 is 5.97 Å². The third kappa shape index (κ3) is 3.04. The van der Waals surface area contributed by atoms with Crippen LogP contribution in [0.2, 0.25) is 5.02 Å². The fourth-order valence-corrected chi connectivity index (χ4v) is 3.12. The van der Waals surface area contributed by atoms with Gasteiger partial charge in [0.15, 0.2) is 0 Å². The number of hydrogen-bond donors (Lipinski definition) is 1. The van der Waals surface area contributed by atoms with Crippen molar-refractivity contribution in [2.75, 3.05) is 31.6 Å². The van der Waals surface area contributed by atoms with E-state index >= 15 is 0 Å². The van der Waals surface area contributed by atoms with E-state index in [2.05, 4.69) is 16.8 Å². The van der Waals surface area contributed by atoms with Crippen LogP contribution in [0, 0.1) is 0 Å². The molecule has 6 heteroatoms. The summed E-state index contributed by atoms with van der Waals surface area (Å²) in [6, 6.07) is 1.91. The average Bonchev–Trinajstić information content (AvgIpc) is 2.85. The van der Waals surface area contributed by atoms with E-state index in [4.69, 9.17) is 16.7 Å². The number of carboxylic acids is 1. The molecular formula is C14H20ClN3O2. The fraction of sp³-hybridized carbons (Fsp3) is 0.571. The molecule has 2 heterocycles. The average molecular weight is 298 g/mol. The van der Waals surface area contributed by atoms with E-state index in [1.165, 1.54) is 18.7 Å². The highest BCUT2D eigenvalue weighted by Gasteiger charge is 2.25. The van der Waals surface area contributed by atoms with Gasteiger partial charge >= 0.3 is 5.97 Å². The summed E-state index contributed by atoms with van der Waals surface area (Å²) in [4.78, 5) is 19.7. The molecule has 1 fully saturated rings. The number of aromatic carboxylic acids is 1. The molecule has 0 radical (unpaired) electrons. The van der Waals surface area contributed by atoms with Crippen LogP contribution in [0.4, 0.5) is 5.82 Å². The number of halogens is 1. The summed E-state index contributed by atoms with van der Waals surface area (Å²) in [5.41, 5.74) is 0.0993. The van der Waals surface area contributed by atoms with Crippen molar-refractivity contribution in [3.05, 3.63) is 22.8 Å². The number of aromatic nitrogens is 1. The molecule has 0 bridgehead atoms. The first kappa shape index (κ1) is 15.1. The molecule has 20 heavy (non-hydrogen) atoms. The number of rotatable bonds is 5. The highest BCUT2D eigenvalue weighted by atomic mass is 35.5. The largest absolute Gasteiger partial charge is 0.478 e. The molecule has 0 spiro atoms. The molecule has 0 aromatic carbocycles. The van der Waals surface area contributed by atoms with Crippen molar-refractivity contribution in [1.82, 2.24) is 9.88 Å². The summed E-state index contributed by atoms with van der Waals surface area (Å²) in [6.07, 6.45) is 3.87. The molecule has 2 rings (SSSR count). The summed E-state index contributed by atoms with van der Waals surface area (Å²) in [7, 11) is 1.91. The molecule has 110 valence electrons. The molecule has 1 atom stereocenters. The van der Waals surface area contributed by atoms with Crippen LogP contribution < -0.4 is 4.90 Å². The maximum Gasteiger partial charge on any atom is 0.337 e. The summed E-state index contributed by atoms with van der Waals surface area (Å²) in [6.45, 7) is 5.14. The van der Waals surface area contributed by atoms with Crippen molar-refractivity contribution in [2.24, 2.45) is 0 Å². The van der Waals surface area contributed by atoms with Crippen molar-refractivity contribution >= 4 is 23.4 Å². The molecule has 1 aliphatic heterocycles. The third-order valence-corrected chi connectivity index (χ3v) is 4.23. The second-order valence-electron chi connectivity index (χ2n) is 5.11. The SMILES string of the molecule is CCN1CCCC1CN(C)c1nccc(C(=O)O)c1Cl. The zero-order valence-corrected chi connectivity index (χ0v) is 12.6. The van der Waals surface area contributed by atoms with Crippen LogP contribution >= 0.6 is 11.6 Å². The molecule has 0 saturated carbocycles. The lowest BCUT2D eigenvalue weighted by atomic mass is 10.2. The topological polar surface area (TPSA) is 56.7 Å². The third-order valence-electron chi connectivity index (χ3n) is 3.85. The minimum atomic E-state index is -1.02. The van der Waals surface area contributed by atoms with Gasteiger partial charge in [-0.3, -0.25) is 4.90 Å². The molecule has 1 aliphatic rings. The van der Waals surface area contributed by atoms with Gasteiger partial charge < -0.3 is 10.0 Å². The Labute approximate surface area is 124 Å². The number of anilines is 1. The van der Waals surface area contributed by atoms with Crippen LogP contribution in [-0.2, 0) is 0 Å². The van der Waals surface area contributed by atoms with Gasteiger partial charge in [-0.15, -0.1) is 0 Å². The maximum atomic E-state index is 11.1. The van der Waals surface area contributed by atoms with E-state index in [-0.39, 0.29) is 10.6 Å². The van der Waals surface area contributed by atoms with Crippen molar-refractivity contribution in [2.45, 2.75) is 25.8 Å². The Hall–Kier alpha value is -1.33. The van der Waals surface area contributed by atoms with Crippen LogP contribution in [0.15, 0.2) is 12.3 Å². The Morgan fingerprint density at radius 3 is 3.05 bits per heavy atom. The van der Waals surface area contributed by atoms with Crippen molar-refractivity contribution in [1.29, 1.82) is 0 Å². The van der Waals surface area contributed by atoms with E-state index in [1.807, 2.05) is 11.9 Å². The summed E-state index contributed by atoms with van der Waals surface area (Å²) in [5.74, 6) is -0.488. The number of pyridine rings is 1. The first-order valence-corrected chi connectivity index (χ1v) is 7.25. The Balaban J connectivity index is 2.15. The number of likely N-dealkylation sites (N-methyl/N-ethyl adjacent to an activating group) is 2. The van der Waals surface area contributed by atoms with Crippen LogP contribution in [0.1, 0.15) is 30.1 Å². The van der Waals surface area contributed by atoms with E-state index in [1.54, 1.807) is 0 Å². The Kier molecular flexibility index (Phi) is 4.83. The highest BCUT2D eigenvalue weighted by Crippen LogP contribution is 2.27. The molecule has 5 nitrogen and oxygen atoms in total. The van der Waals surface area contributed by atoms with Gasteiger partial charge in [0, 0.05) is 25.8 Å². The monoisotopic (exact) mass is 297 g/mol. The first-order chi connectivity index (χ1) is 9.54. The van der Waals surface area contributed by atoms with Crippen molar-refractivity contribution in [3.63, 3.8) is 0 Å². The number of likely N-dealkylation sites (tertiary alicyclic amines) is 1. The standard InChI is InChI=1S/C14H20ClN3O2/c1-3-18-8-4-5-10(18)9-17(2)13-12(15)11(14(19)20)6-7-16-13/h6-7,10H,3-5,8-9H2,1-2H3,(H,19,20). The van der Waals surface area contributed by atoms with Gasteiger partial charge in [0.1, 0.15) is 5.82 Å². The van der Waals surface area contributed by atoms with E-state index in [0.717, 1.165) is 26.1 Å². The molecule has 1 N–H and O–H groups in total. The van der Waals surface area contributed by atoms with Crippen molar-refractivity contribution in [3.8, 4) is 0 Å². The predicted octanol–water partition coefficient (Wildman–Crippen LogP) is 2.35. The van der Waals surface area contributed by atoms with Crippen LogP contribution in [-0.4, -0.2) is 53.7 Å². The summed E-state index contributed by atoms with van der Waals surface area (Å²) in [5, 5.41) is 9.31. The lowest BCUT2D eigenvalue weighted by Gasteiger charge is -2.28. The molecule has 0 aliphatic carbocycles. The minimum Gasteiger partial charge on any atom is -0.478 e. The molecule has 1 saturated heterocycles. The molecule has 0 amide bonds. The number of carbonyl (C=O) groups is 1. The van der Waals surface area contributed by atoms with Gasteiger partial charge in [-0.05, 0) is 32.0 Å². The lowest BCUT2D eigenvalue weighted by Crippen LogP contribution is -2.39. The smallest absolute Gasteiger partial charge is 0.337 e.